The van der Waals surface area contributed by atoms with Crippen molar-refractivity contribution < 1.29 is 4.79 Å². The quantitative estimate of drug-likeness (QED) is 0.715. The van der Waals surface area contributed by atoms with E-state index in [2.05, 4.69) is 33.3 Å². The van der Waals surface area contributed by atoms with Gasteiger partial charge in [-0.1, -0.05) is 19.1 Å². The molecule has 8 nitrogen and oxygen atoms in total. The number of nitrogens with one attached hydrogen (secondary N) is 1. The Hall–Kier alpha value is -3.00. The third-order valence-corrected chi connectivity index (χ3v) is 5.53. The molecule has 152 valence electrons. The standard InChI is InChI=1S/C21H26N6O2/c1-15-6-8-26(9-7-15)12-16-4-3-5-17(10-16)24-19(28)13-27-14-22-20-18(21(27)29)11-23-25(20)2/h3-5,10-11,14-15H,6-9,12-13H2,1-2H3,(H,24,28). The zero-order chi connectivity index (χ0) is 20.4. The molecule has 1 aliphatic heterocycles. The number of hydrogen-bond donors (Lipinski definition) is 1. The Kier molecular flexibility index (Phi) is 5.44. The van der Waals surface area contributed by atoms with Crippen LogP contribution in [0.1, 0.15) is 25.3 Å². The van der Waals surface area contributed by atoms with Crippen LogP contribution in [0.25, 0.3) is 11.0 Å². The van der Waals surface area contributed by atoms with Gasteiger partial charge in [0.1, 0.15) is 18.3 Å². The van der Waals surface area contributed by atoms with Gasteiger partial charge in [-0.3, -0.25) is 23.7 Å². The van der Waals surface area contributed by atoms with Gasteiger partial charge in [0.2, 0.25) is 5.91 Å². The maximum atomic E-state index is 12.5. The molecule has 0 aliphatic carbocycles. The lowest BCUT2D eigenvalue weighted by atomic mass is 9.99. The predicted octanol–water partition coefficient (Wildman–Crippen LogP) is 2.00. The predicted molar refractivity (Wildman–Crippen MR) is 112 cm³/mol. The van der Waals surface area contributed by atoms with Crippen molar-refractivity contribution >= 4 is 22.6 Å². The number of piperidine rings is 1. The van der Waals surface area contributed by atoms with Crippen LogP contribution in [0.5, 0.6) is 0 Å². The molecule has 0 saturated carbocycles. The zero-order valence-corrected chi connectivity index (χ0v) is 16.8. The van der Waals surface area contributed by atoms with E-state index in [1.54, 1.807) is 7.05 Å². The highest BCUT2D eigenvalue weighted by Gasteiger charge is 2.16. The molecule has 4 rings (SSSR count). The average Bonchev–Trinajstić information content (AvgIpc) is 3.08. The van der Waals surface area contributed by atoms with Crippen LogP contribution in [0.15, 0.2) is 41.6 Å². The Morgan fingerprint density at radius 1 is 1.28 bits per heavy atom. The van der Waals surface area contributed by atoms with Crippen molar-refractivity contribution in [3.8, 4) is 0 Å². The summed E-state index contributed by atoms with van der Waals surface area (Å²) in [4.78, 5) is 31.7. The van der Waals surface area contributed by atoms with Crippen LogP contribution < -0.4 is 10.9 Å². The second-order valence-electron chi connectivity index (χ2n) is 7.89. The molecule has 0 atom stereocenters. The Bertz CT molecular complexity index is 1080. The van der Waals surface area contributed by atoms with E-state index in [-0.39, 0.29) is 18.0 Å². The molecule has 0 spiro atoms. The van der Waals surface area contributed by atoms with Crippen LogP contribution in [-0.4, -0.2) is 43.2 Å². The van der Waals surface area contributed by atoms with Crippen LogP contribution in [-0.2, 0) is 24.9 Å². The van der Waals surface area contributed by atoms with Crippen molar-refractivity contribution in [3.05, 3.63) is 52.7 Å². The maximum Gasteiger partial charge on any atom is 0.264 e. The fourth-order valence-corrected chi connectivity index (χ4v) is 3.76. The summed E-state index contributed by atoms with van der Waals surface area (Å²) in [6, 6.07) is 7.90. The largest absolute Gasteiger partial charge is 0.325 e. The highest BCUT2D eigenvalue weighted by Crippen LogP contribution is 2.19. The molecule has 1 amide bonds. The maximum absolute atomic E-state index is 12.5. The molecule has 1 aliphatic rings. The molecule has 0 unspecified atom stereocenters. The molecule has 3 heterocycles. The van der Waals surface area contributed by atoms with Crippen LogP contribution in [0.3, 0.4) is 0 Å². The summed E-state index contributed by atoms with van der Waals surface area (Å²) in [7, 11) is 1.73. The van der Waals surface area contributed by atoms with E-state index in [4.69, 9.17) is 0 Å². The van der Waals surface area contributed by atoms with E-state index in [1.807, 2.05) is 18.2 Å². The lowest BCUT2D eigenvalue weighted by molar-refractivity contribution is -0.116. The van der Waals surface area contributed by atoms with Crippen molar-refractivity contribution in [2.75, 3.05) is 18.4 Å². The molecule has 1 N–H and O–H groups in total. The fourth-order valence-electron chi connectivity index (χ4n) is 3.76. The molecular formula is C21H26N6O2. The summed E-state index contributed by atoms with van der Waals surface area (Å²) in [5, 5.41) is 7.34. The topological polar surface area (TPSA) is 85.1 Å². The van der Waals surface area contributed by atoms with E-state index in [9.17, 15) is 9.59 Å². The SMILES string of the molecule is CC1CCN(Cc2cccc(NC(=O)Cn3cnc4c(cnn4C)c3=O)c2)CC1. The van der Waals surface area contributed by atoms with Crippen molar-refractivity contribution in [3.63, 3.8) is 0 Å². The first-order valence-corrected chi connectivity index (χ1v) is 9.98. The first kappa shape index (κ1) is 19.3. The normalized spacial score (nSPS) is 15.7. The van der Waals surface area contributed by atoms with Crippen LogP contribution >= 0.6 is 0 Å². The summed E-state index contributed by atoms with van der Waals surface area (Å²) in [6.07, 6.45) is 5.34. The molecule has 1 saturated heterocycles. The number of rotatable bonds is 5. The number of benzene rings is 1. The highest BCUT2D eigenvalue weighted by molar-refractivity contribution is 5.90. The molecule has 3 aromatic rings. The van der Waals surface area contributed by atoms with E-state index < -0.39 is 0 Å². The number of nitrogens with zero attached hydrogens (tertiary/aromatic N) is 5. The van der Waals surface area contributed by atoms with E-state index in [0.29, 0.717) is 11.0 Å². The summed E-state index contributed by atoms with van der Waals surface area (Å²) >= 11 is 0. The number of amides is 1. The first-order valence-electron chi connectivity index (χ1n) is 9.98. The minimum atomic E-state index is -0.272. The van der Waals surface area contributed by atoms with Crippen molar-refractivity contribution in [1.29, 1.82) is 0 Å². The average molecular weight is 394 g/mol. The van der Waals surface area contributed by atoms with E-state index in [0.717, 1.165) is 31.2 Å². The lowest BCUT2D eigenvalue weighted by Gasteiger charge is -2.30. The van der Waals surface area contributed by atoms with Gasteiger partial charge in [0.15, 0.2) is 5.65 Å². The molecule has 8 heteroatoms. The van der Waals surface area contributed by atoms with Crippen LogP contribution in [0.2, 0.25) is 0 Å². The lowest BCUT2D eigenvalue weighted by Crippen LogP contribution is -2.32. The van der Waals surface area contributed by atoms with Gasteiger partial charge in [-0.25, -0.2) is 4.98 Å². The Morgan fingerprint density at radius 3 is 2.86 bits per heavy atom. The number of aromatic nitrogens is 4. The van der Waals surface area contributed by atoms with Crippen LogP contribution in [0.4, 0.5) is 5.69 Å². The van der Waals surface area contributed by atoms with Crippen LogP contribution in [0, 0.1) is 5.92 Å². The monoisotopic (exact) mass is 394 g/mol. The van der Waals surface area contributed by atoms with Gasteiger partial charge in [-0.05, 0) is 49.5 Å². The minimum absolute atomic E-state index is 0.0924. The molecular weight excluding hydrogens is 368 g/mol. The third kappa shape index (κ3) is 4.37. The van der Waals surface area contributed by atoms with Gasteiger partial charge >= 0.3 is 0 Å². The summed E-state index contributed by atoms with van der Waals surface area (Å²) in [5.74, 6) is 0.543. The number of carbonyl (C=O) groups excluding carboxylic acids is 1. The summed E-state index contributed by atoms with van der Waals surface area (Å²) in [6.45, 7) is 5.33. The molecule has 2 aromatic heterocycles. The van der Waals surface area contributed by atoms with E-state index in [1.165, 1.54) is 40.2 Å². The minimum Gasteiger partial charge on any atom is -0.325 e. The highest BCUT2D eigenvalue weighted by atomic mass is 16.2. The fraction of sp³-hybridized carbons (Fsp3) is 0.429. The van der Waals surface area contributed by atoms with Crippen molar-refractivity contribution in [2.45, 2.75) is 32.9 Å². The van der Waals surface area contributed by atoms with Gasteiger partial charge in [0, 0.05) is 19.3 Å². The van der Waals surface area contributed by atoms with Gasteiger partial charge in [0.05, 0.1) is 6.20 Å². The molecule has 1 fully saturated rings. The summed E-state index contributed by atoms with van der Waals surface area (Å²) < 4.78 is 2.84. The number of carbonyl (C=O) groups is 1. The molecule has 0 bridgehead atoms. The van der Waals surface area contributed by atoms with Crippen molar-refractivity contribution in [1.82, 2.24) is 24.2 Å². The first-order chi connectivity index (χ1) is 14.0. The van der Waals surface area contributed by atoms with Gasteiger partial charge in [0.25, 0.3) is 5.56 Å². The number of likely N-dealkylation sites (tertiary alicyclic amines) is 1. The Labute approximate surface area is 169 Å². The third-order valence-electron chi connectivity index (χ3n) is 5.53. The van der Waals surface area contributed by atoms with Crippen molar-refractivity contribution in [2.24, 2.45) is 13.0 Å². The van der Waals surface area contributed by atoms with Gasteiger partial charge in [-0.2, -0.15) is 5.10 Å². The van der Waals surface area contributed by atoms with Gasteiger partial charge in [-0.15, -0.1) is 0 Å². The molecule has 0 radical (unpaired) electrons. The number of fused-ring (bicyclic) bond motifs is 1. The van der Waals surface area contributed by atoms with Gasteiger partial charge < -0.3 is 5.32 Å². The second-order valence-corrected chi connectivity index (χ2v) is 7.89. The second kappa shape index (κ2) is 8.16. The number of anilines is 1. The smallest absolute Gasteiger partial charge is 0.264 e. The Morgan fingerprint density at radius 2 is 2.07 bits per heavy atom. The summed E-state index contributed by atoms with van der Waals surface area (Å²) in [5.41, 5.74) is 2.15. The number of hydrogen-bond acceptors (Lipinski definition) is 5. The molecule has 29 heavy (non-hydrogen) atoms. The zero-order valence-electron chi connectivity index (χ0n) is 16.8. The van der Waals surface area contributed by atoms with E-state index >= 15 is 0 Å². The Balaban J connectivity index is 1.41. The number of aryl methyl sites for hydroxylation is 1. The molecule has 1 aromatic carbocycles.